The molecule has 5 aromatic rings. The first kappa shape index (κ1) is 29.8. The predicted molar refractivity (Wildman–Crippen MR) is 169 cm³/mol. The zero-order valence-electron chi connectivity index (χ0n) is 24.9. The van der Waals surface area contributed by atoms with Crippen LogP contribution in [-0.4, -0.2) is 42.0 Å². The second-order valence-electron chi connectivity index (χ2n) is 11.2. The average molecular weight is 551 g/mol. The molecule has 1 unspecified atom stereocenters. The molecule has 2 aromatic carbocycles. The number of nitrogens with one attached hydrogen (secondary N) is 5. The van der Waals surface area contributed by atoms with Crippen LogP contribution in [-0.2, 0) is 13.1 Å². The molecule has 0 aliphatic carbocycles. The third kappa shape index (κ3) is 6.94. The first-order valence-electron chi connectivity index (χ1n) is 14.2. The molecule has 5 N–H and O–H groups in total. The lowest BCUT2D eigenvalue weighted by molar-refractivity contribution is 0.422. The van der Waals surface area contributed by atoms with E-state index < -0.39 is 0 Å². The smallest absolute Gasteiger partial charge is 0.120 e. The maximum absolute atomic E-state index is 4.66. The number of terminal acetylenes is 1. The molecule has 214 valence electrons. The molecule has 0 saturated heterocycles. The van der Waals surface area contributed by atoms with Crippen LogP contribution in [0.25, 0.3) is 44.7 Å². The molecule has 3 aromatic heterocycles. The topological polar surface area (TPSA) is 110 Å². The number of hydrogen-bond acceptors (Lipinski definition) is 5. The molecule has 5 rings (SSSR count). The normalized spacial score (nSPS) is 12.9. The third-order valence-electron chi connectivity index (χ3n) is 7.82. The van der Waals surface area contributed by atoms with Crippen LogP contribution >= 0.6 is 0 Å². The van der Waals surface area contributed by atoms with E-state index in [9.17, 15) is 0 Å². The molecule has 0 bridgehead atoms. The number of hydrogen-bond donors (Lipinski definition) is 5. The molecule has 8 heteroatoms. The maximum Gasteiger partial charge on any atom is 0.120 e. The third-order valence-corrected chi connectivity index (χ3v) is 7.82. The van der Waals surface area contributed by atoms with Crippen LogP contribution in [0.5, 0.6) is 0 Å². The highest BCUT2D eigenvalue weighted by molar-refractivity contribution is 6.00. The number of benzene rings is 2. The Labute approximate surface area is 243 Å². The first-order chi connectivity index (χ1) is 19.8. The standard InChI is InChI=1S/C31H40N8.C2H2/c1-18(2)20(5)32-15-28-34-13-26(38-28)23-9-7-22(8-10-23)24-11-12-25(31-30(24)36-17-37-31)27-14-35-29(39-27)16-33-21(6)19(3)4;1-2/h7-14,17-21,32-33H,15-16H2,1-6H3,(H,34,38)(H,35,39)(H,36,37);1-2H/t20?,21-;/m1./s1. The highest BCUT2D eigenvalue weighted by Crippen LogP contribution is 2.34. The van der Waals surface area contributed by atoms with Crippen molar-refractivity contribution in [2.24, 2.45) is 11.8 Å². The van der Waals surface area contributed by atoms with Gasteiger partial charge in [-0.2, -0.15) is 0 Å². The molecule has 41 heavy (non-hydrogen) atoms. The Bertz CT molecular complexity index is 1550. The summed E-state index contributed by atoms with van der Waals surface area (Å²) in [5, 5.41) is 7.06. The Morgan fingerprint density at radius 1 is 0.659 bits per heavy atom. The lowest BCUT2D eigenvalue weighted by Crippen LogP contribution is -2.30. The zero-order valence-corrected chi connectivity index (χ0v) is 24.9. The highest BCUT2D eigenvalue weighted by atomic mass is 15.0. The van der Waals surface area contributed by atoms with Crippen molar-refractivity contribution in [3.05, 3.63) is 66.8 Å². The summed E-state index contributed by atoms with van der Waals surface area (Å²) >= 11 is 0. The van der Waals surface area contributed by atoms with Gasteiger partial charge in [-0.3, -0.25) is 0 Å². The van der Waals surface area contributed by atoms with E-state index >= 15 is 0 Å². The van der Waals surface area contributed by atoms with E-state index in [4.69, 9.17) is 0 Å². The number of nitrogens with zero attached hydrogens (tertiary/aromatic N) is 3. The highest BCUT2D eigenvalue weighted by Gasteiger charge is 2.15. The Hall–Kier alpha value is -4.19. The molecule has 0 amide bonds. The minimum absolute atomic E-state index is 0.424. The second-order valence-corrected chi connectivity index (χ2v) is 11.2. The van der Waals surface area contributed by atoms with Gasteiger partial charge in [0, 0.05) is 23.2 Å². The average Bonchev–Trinajstić information content (AvgIpc) is 3.76. The van der Waals surface area contributed by atoms with Crippen LogP contribution < -0.4 is 10.6 Å². The molecule has 0 aliphatic heterocycles. The van der Waals surface area contributed by atoms with Crippen LogP contribution in [0.3, 0.4) is 0 Å². The van der Waals surface area contributed by atoms with Gasteiger partial charge in [0.1, 0.15) is 11.6 Å². The molecular weight excluding hydrogens is 508 g/mol. The van der Waals surface area contributed by atoms with Crippen molar-refractivity contribution >= 4 is 11.0 Å². The number of aromatic nitrogens is 6. The second kappa shape index (κ2) is 13.4. The van der Waals surface area contributed by atoms with Gasteiger partial charge in [-0.25, -0.2) is 15.0 Å². The largest absolute Gasteiger partial charge is 0.344 e. The van der Waals surface area contributed by atoms with Crippen molar-refractivity contribution in [3.8, 4) is 46.5 Å². The maximum atomic E-state index is 4.66. The quantitative estimate of drug-likeness (QED) is 0.120. The molecule has 0 spiro atoms. The van der Waals surface area contributed by atoms with Crippen molar-refractivity contribution in [3.63, 3.8) is 0 Å². The lowest BCUT2D eigenvalue weighted by atomic mass is 9.99. The molecular formula is C33H42N8. The monoisotopic (exact) mass is 550 g/mol. The molecule has 3 heterocycles. The number of imidazole rings is 3. The lowest BCUT2D eigenvalue weighted by Gasteiger charge is -2.16. The van der Waals surface area contributed by atoms with E-state index in [0.29, 0.717) is 30.5 Å². The summed E-state index contributed by atoms with van der Waals surface area (Å²) < 4.78 is 0. The number of H-pyrrole nitrogens is 3. The molecule has 0 saturated carbocycles. The van der Waals surface area contributed by atoms with E-state index in [2.05, 4.69) is 131 Å². The predicted octanol–water partition coefficient (Wildman–Crippen LogP) is 6.53. The van der Waals surface area contributed by atoms with Crippen LogP contribution in [0.2, 0.25) is 0 Å². The number of rotatable bonds is 11. The van der Waals surface area contributed by atoms with Crippen molar-refractivity contribution in [1.29, 1.82) is 0 Å². The SMILES string of the molecule is C#C.CC(C)C(C)NCc1ncc(-c2ccc(-c3ccc(-c4cnc(CN[C@H](C)C(C)C)[nH]4)c4nc[nH]c34)cc2)[nH]1. The van der Waals surface area contributed by atoms with Gasteiger partial charge in [-0.15, -0.1) is 12.8 Å². The first-order valence-corrected chi connectivity index (χ1v) is 14.2. The fourth-order valence-electron chi connectivity index (χ4n) is 4.49. The summed E-state index contributed by atoms with van der Waals surface area (Å²) in [6.45, 7) is 14.7. The number of fused-ring (bicyclic) bond motifs is 1. The molecule has 2 atom stereocenters. The van der Waals surface area contributed by atoms with E-state index in [1.807, 2.05) is 12.4 Å². The molecule has 8 nitrogen and oxygen atoms in total. The van der Waals surface area contributed by atoms with Crippen LogP contribution in [0, 0.1) is 24.7 Å². The summed E-state index contributed by atoms with van der Waals surface area (Å²) in [4.78, 5) is 24.1. The van der Waals surface area contributed by atoms with Crippen molar-refractivity contribution in [1.82, 2.24) is 40.5 Å². The molecule has 0 aliphatic rings. The Morgan fingerprint density at radius 2 is 1.17 bits per heavy atom. The zero-order chi connectivity index (χ0) is 29.5. The molecule has 0 fully saturated rings. The number of aromatic amines is 3. The summed E-state index contributed by atoms with van der Waals surface area (Å²) in [5.41, 5.74) is 8.31. The van der Waals surface area contributed by atoms with Gasteiger partial charge in [-0.05, 0) is 42.9 Å². The molecule has 0 radical (unpaired) electrons. The summed E-state index contributed by atoms with van der Waals surface area (Å²) in [6, 6.07) is 13.7. The minimum atomic E-state index is 0.424. The van der Waals surface area contributed by atoms with Crippen molar-refractivity contribution < 1.29 is 0 Å². The Balaban J connectivity index is 0.00000189. The van der Waals surface area contributed by atoms with Crippen LogP contribution in [0.4, 0.5) is 0 Å². The van der Waals surface area contributed by atoms with Gasteiger partial charge in [0.05, 0.1) is 54.2 Å². The van der Waals surface area contributed by atoms with Gasteiger partial charge in [0.2, 0.25) is 0 Å². The fourth-order valence-corrected chi connectivity index (χ4v) is 4.49. The van der Waals surface area contributed by atoms with Gasteiger partial charge < -0.3 is 25.6 Å². The summed E-state index contributed by atoms with van der Waals surface area (Å²) in [6.07, 6.45) is 13.6. The van der Waals surface area contributed by atoms with E-state index in [1.54, 1.807) is 6.33 Å². The van der Waals surface area contributed by atoms with Gasteiger partial charge in [-0.1, -0.05) is 58.0 Å². The minimum Gasteiger partial charge on any atom is -0.344 e. The van der Waals surface area contributed by atoms with E-state index in [1.165, 1.54) is 0 Å². The van der Waals surface area contributed by atoms with Crippen LogP contribution in [0.1, 0.15) is 53.2 Å². The van der Waals surface area contributed by atoms with Gasteiger partial charge in [0.15, 0.2) is 0 Å². The van der Waals surface area contributed by atoms with E-state index in [0.717, 1.165) is 62.9 Å². The van der Waals surface area contributed by atoms with Crippen molar-refractivity contribution in [2.45, 2.75) is 66.7 Å². The van der Waals surface area contributed by atoms with E-state index in [-0.39, 0.29) is 0 Å². The summed E-state index contributed by atoms with van der Waals surface area (Å²) in [7, 11) is 0. The Morgan fingerprint density at radius 3 is 1.76 bits per heavy atom. The van der Waals surface area contributed by atoms with Crippen LogP contribution in [0.15, 0.2) is 55.1 Å². The fraction of sp³-hybridized carbons (Fsp3) is 0.364. The van der Waals surface area contributed by atoms with Gasteiger partial charge in [0.25, 0.3) is 0 Å². The summed E-state index contributed by atoms with van der Waals surface area (Å²) in [5.74, 6) is 3.03. The van der Waals surface area contributed by atoms with Gasteiger partial charge >= 0.3 is 0 Å². The Kier molecular flexibility index (Phi) is 9.77. The van der Waals surface area contributed by atoms with Crippen molar-refractivity contribution in [2.75, 3.05) is 0 Å².